The van der Waals surface area contributed by atoms with Crippen LogP contribution in [0.15, 0.2) is 53.4 Å². The second kappa shape index (κ2) is 9.19. The fraction of sp³-hybridized carbons (Fsp3) is 0.370. The summed E-state index contributed by atoms with van der Waals surface area (Å²) in [6.07, 6.45) is 2.58. The van der Waals surface area contributed by atoms with Crippen LogP contribution in [0.1, 0.15) is 59.1 Å². The van der Waals surface area contributed by atoms with Crippen molar-refractivity contribution in [1.82, 2.24) is 0 Å². The minimum Gasteiger partial charge on any atom is -0.322 e. The summed E-state index contributed by atoms with van der Waals surface area (Å²) in [4.78, 5) is 14.7. The number of nitrogens with one attached hydrogen (secondary N) is 2. The Morgan fingerprint density at radius 1 is 0.971 bits per heavy atom. The molecule has 0 radical (unpaired) electrons. The van der Waals surface area contributed by atoms with E-state index in [1.54, 1.807) is 24.3 Å². The lowest BCUT2D eigenvalue weighted by atomic mass is 9.72. The van der Waals surface area contributed by atoms with E-state index < -0.39 is 10.0 Å². The SMILES string of the molecule is Cc1ccc(NC(=O)c2c(NS(=O)(=O)c3ccc(C)cc3)sc3c2CC[C@@H](C(C)(C)C)C3)cc1. The average molecular weight is 497 g/mol. The van der Waals surface area contributed by atoms with E-state index >= 15 is 0 Å². The van der Waals surface area contributed by atoms with Gasteiger partial charge in [0.15, 0.2) is 0 Å². The van der Waals surface area contributed by atoms with Crippen LogP contribution < -0.4 is 10.0 Å². The molecule has 1 amide bonds. The molecule has 0 saturated heterocycles. The maximum Gasteiger partial charge on any atom is 0.262 e. The molecule has 1 aromatic heterocycles. The highest BCUT2D eigenvalue weighted by molar-refractivity contribution is 7.93. The van der Waals surface area contributed by atoms with Gasteiger partial charge in [-0.15, -0.1) is 11.3 Å². The minimum atomic E-state index is -3.83. The minimum absolute atomic E-state index is 0.146. The fourth-order valence-electron chi connectivity index (χ4n) is 4.37. The van der Waals surface area contributed by atoms with Crippen LogP contribution in [0.3, 0.4) is 0 Å². The molecule has 3 aromatic rings. The first-order chi connectivity index (χ1) is 15.9. The molecule has 7 heteroatoms. The Kier molecular flexibility index (Phi) is 6.62. The monoisotopic (exact) mass is 496 g/mol. The van der Waals surface area contributed by atoms with Gasteiger partial charge in [0.2, 0.25) is 0 Å². The molecule has 0 aliphatic heterocycles. The first kappa shape index (κ1) is 24.5. The molecule has 1 aliphatic rings. The predicted octanol–water partition coefficient (Wildman–Crippen LogP) is 6.57. The summed E-state index contributed by atoms with van der Waals surface area (Å²) in [5.74, 6) is 0.199. The summed E-state index contributed by atoms with van der Waals surface area (Å²) in [6.45, 7) is 10.6. The van der Waals surface area contributed by atoms with Gasteiger partial charge in [-0.3, -0.25) is 9.52 Å². The lowest BCUT2D eigenvalue weighted by Gasteiger charge is -2.33. The topological polar surface area (TPSA) is 75.3 Å². The number of carbonyl (C=O) groups is 1. The van der Waals surface area contributed by atoms with Crippen molar-refractivity contribution in [3.8, 4) is 0 Å². The van der Waals surface area contributed by atoms with Crippen molar-refractivity contribution in [1.29, 1.82) is 0 Å². The highest BCUT2D eigenvalue weighted by Crippen LogP contribution is 2.45. The third-order valence-corrected chi connectivity index (χ3v) is 9.25. The Hall–Kier alpha value is -2.64. The molecule has 1 atom stereocenters. The molecule has 5 nitrogen and oxygen atoms in total. The highest BCUT2D eigenvalue weighted by Gasteiger charge is 2.34. The number of rotatable bonds is 5. The Labute approximate surface area is 206 Å². The molecule has 1 aliphatic carbocycles. The second-order valence-corrected chi connectivity index (χ2v) is 13.0. The normalized spacial score (nSPS) is 16.1. The average Bonchev–Trinajstić information content (AvgIpc) is 3.11. The lowest BCUT2D eigenvalue weighted by Crippen LogP contribution is -2.27. The van der Waals surface area contributed by atoms with Crippen molar-refractivity contribution >= 4 is 38.0 Å². The molecule has 0 saturated carbocycles. The predicted molar refractivity (Wildman–Crippen MR) is 140 cm³/mol. The van der Waals surface area contributed by atoms with Gasteiger partial charge in [0.25, 0.3) is 15.9 Å². The van der Waals surface area contributed by atoms with E-state index in [0.29, 0.717) is 22.2 Å². The van der Waals surface area contributed by atoms with Crippen LogP contribution in [0.4, 0.5) is 10.7 Å². The van der Waals surface area contributed by atoms with Gasteiger partial charge in [0, 0.05) is 10.6 Å². The fourth-order valence-corrected chi connectivity index (χ4v) is 7.00. The van der Waals surface area contributed by atoms with E-state index in [1.807, 2.05) is 38.1 Å². The van der Waals surface area contributed by atoms with Gasteiger partial charge in [0.1, 0.15) is 5.00 Å². The van der Waals surface area contributed by atoms with E-state index in [0.717, 1.165) is 40.8 Å². The summed E-state index contributed by atoms with van der Waals surface area (Å²) in [5.41, 5.74) is 4.34. The number of thiophene rings is 1. The molecule has 1 heterocycles. The number of sulfonamides is 1. The third kappa shape index (κ3) is 5.20. The van der Waals surface area contributed by atoms with Crippen molar-refractivity contribution in [3.05, 3.63) is 75.7 Å². The summed E-state index contributed by atoms with van der Waals surface area (Å²) in [7, 11) is -3.83. The van der Waals surface area contributed by atoms with E-state index in [2.05, 4.69) is 30.8 Å². The number of anilines is 2. The number of carbonyl (C=O) groups excluding carboxylic acids is 1. The molecular formula is C27H32N2O3S2. The number of amides is 1. The van der Waals surface area contributed by atoms with Crippen LogP contribution in [0.25, 0.3) is 0 Å². The standard InChI is InChI=1S/C27H32N2O3S2/c1-17-6-11-20(12-7-17)28-25(30)24-22-15-10-19(27(3,4)5)16-23(22)33-26(24)29-34(31,32)21-13-8-18(2)9-14-21/h6-9,11-14,19,29H,10,15-16H2,1-5H3,(H,28,30)/t19-/m1/s1. The molecule has 4 rings (SSSR count). The number of fused-ring (bicyclic) bond motifs is 1. The van der Waals surface area contributed by atoms with Crippen LogP contribution >= 0.6 is 11.3 Å². The largest absolute Gasteiger partial charge is 0.322 e. The first-order valence-corrected chi connectivity index (χ1v) is 13.9. The molecule has 180 valence electrons. The lowest BCUT2D eigenvalue weighted by molar-refractivity contribution is 0.102. The van der Waals surface area contributed by atoms with E-state index in [-0.39, 0.29) is 16.2 Å². The molecule has 0 unspecified atom stereocenters. The van der Waals surface area contributed by atoms with Crippen molar-refractivity contribution in [2.75, 3.05) is 10.0 Å². The number of aryl methyl sites for hydroxylation is 2. The number of hydrogen-bond acceptors (Lipinski definition) is 4. The zero-order valence-corrected chi connectivity index (χ0v) is 22.0. The molecule has 0 fully saturated rings. The second-order valence-electron chi connectivity index (χ2n) is 10.3. The summed E-state index contributed by atoms with van der Waals surface area (Å²) in [5, 5.41) is 3.36. The van der Waals surface area contributed by atoms with Gasteiger partial charge in [-0.05, 0) is 74.3 Å². The summed E-state index contributed by atoms with van der Waals surface area (Å²) < 4.78 is 29.1. The van der Waals surface area contributed by atoms with Crippen molar-refractivity contribution in [2.24, 2.45) is 11.3 Å². The van der Waals surface area contributed by atoms with Gasteiger partial charge in [-0.2, -0.15) is 0 Å². The number of benzene rings is 2. The van der Waals surface area contributed by atoms with Gasteiger partial charge in [-0.25, -0.2) is 8.42 Å². The van der Waals surface area contributed by atoms with E-state index in [9.17, 15) is 13.2 Å². The smallest absolute Gasteiger partial charge is 0.262 e. The Morgan fingerprint density at radius 2 is 1.56 bits per heavy atom. The summed E-state index contributed by atoms with van der Waals surface area (Å²) >= 11 is 1.40. The highest BCUT2D eigenvalue weighted by atomic mass is 32.2. The molecular weight excluding hydrogens is 464 g/mol. The molecule has 2 N–H and O–H groups in total. The van der Waals surface area contributed by atoms with Crippen LogP contribution in [-0.2, 0) is 22.9 Å². The van der Waals surface area contributed by atoms with Crippen LogP contribution in [0.2, 0.25) is 0 Å². The quantitative estimate of drug-likeness (QED) is 0.419. The van der Waals surface area contributed by atoms with Gasteiger partial charge in [0.05, 0.1) is 10.5 Å². The Morgan fingerprint density at radius 3 is 2.15 bits per heavy atom. The zero-order chi connectivity index (χ0) is 24.7. The van der Waals surface area contributed by atoms with E-state index in [1.165, 1.54) is 11.3 Å². The summed E-state index contributed by atoms with van der Waals surface area (Å²) in [6, 6.07) is 14.3. The zero-order valence-electron chi connectivity index (χ0n) is 20.4. The third-order valence-electron chi connectivity index (χ3n) is 6.58. The van der Waals surface area contributed by atoms with Crippen molar-refractivity contribution in [3.63, 3.8) is 0 Å². The molecule has 2 aromatic carbocycles. The Bertz CT molecular complexity index is 1300. The maximum atomic E-state index is 13.5. The van der Waals surface area contributed by atoms with Gasteiger partial charge in [-0.1, -0.05) is 56.2 Å². The van der Waals surface area contributed by atoms with Crippen LogP contribution in [-0.4, -0.2) is 14.3 Å². The van der Waals surface area contributed by atoms with Crippen LogP contribution in [0, 0.1) is 25.2 Å². The van der Waals surface area contributed by atoms with Crippen molar-refractivity contribution in [2.45, 2.75) is 58.8 Å². The molecule has 0 bridgehead atoms. The first-order valence-electron chi connectivity index (χ1n) is 11.6. The van der Waals surface area contributed by atoms with Crippen LogP contribution in [0.5, 0.6) is 0 Å². The van der Waals surface area contributed by atoms with Gasteiger partial charge >= 0.3 is 0 Å². The van der Waals surface area contributed by atoms with Gasteiger partial charge < -0.3 is 5.32 Å². The molecule has 34 heavy (non-hydrogen) atoms. The maximum absolute atomic E-state index is 13.5. The number of hydrogen-bond donors (Lipinski definition) is 2. The Balaban J connectivity index is 1.72. The van der Waals surface area contributed by atoms with Crippen molar-refractivity contribution < 1.29 is 13.2 Å². The van der Waals surface area contributed by atoms with E-state index in [4.69, 9.17) is 0 Å². The molecule has 0 spiro atoms.